The lowest BCUT2D eigenvalue weighted by molar-refractivity contribution is -0.205. The van der Waals surface area contributed by atoms with Crippen LogP contribution in [0.25, 0.3) is 22.0 Å². The topological polar surface area (TPSA) is 85.9 Å². The predicted molar refractivity (Wildman–Crippen MR) is 100 cm³/mol. The number of nitrogens with one attached hydrogen (secondary N) is 1. The molecule has 12 heteroatoms. The van der Waals surface area contributed by atoms with Gasteiger partial charge in [0.2, 0.25) is 0 Å². The summed E-state index contributed by atoms with van der Waals surface area (Å²) in [5.41, 5.74) is 7.88. The highest BCUT2D eigenvalue weighted by atomic mass is 79.9. The van der Waals surface area contributed by atoms with E-state index in [1.165, 1.54) is 6.20 Å². The van der Waals surface area contributed by atoms with E-state index >= 15 is 0 Å². The smallest absolute Gasteiger partial charge is 0.447 e. The van der Waals surface area contributed by atoms with Gasteiger partial charge in [-0.15, -0.1) is 0 Å². The third-order valence-corrected chi connectivity index (χ3v) is 5.92. The van der Waals surface area contributed by atoms with Gasteiger partial charge in [-0.25, -0.2) is 4.79 Å². The number of alkyl halides is 3. The van der Waals surface area contributed by atoms with E-state index in [1.807, 2.05) is 0 Å². The van der Waals surface area contributed by atoms with Crippen LogP contribution in [0.1, 0.15) is 11.8 Å². The van der Waals surface area contributed by atoms with Gasteiger partial charge in [0.05, 0.1) is 33.5 Å². The number of benzene rings is 1. The molecule has 0 radical (unpaired) electrons. The molecule has 3 heterocycles. The normalized spacial score (nSPS) is 19.2. The second-order valence-corrected chi connectivity index (χ2v) is 7.86. The Hall–Kier alpha value is -1.75. The Kier molecular flexibility index (Phi) is 4.65. The van der Waals surface area contributed by atoms with Gasteiger partial charge in [-0.2, -0.15) is 18.3 Å². The quantitative estimate of drug-likeness (QED) is 0.400. The van der Waals surface area contributed by atoms with Crippen LogP contribution in [-0.2, 0) is 16.1 Å². The molecule has 1 aromatic carbocycles. The summed E-state index contributed by atoms with van der Waals surface area (Å²) in [7, 11) is 0. The number of rotatable bonds is 2. The lowest BCUT2D eigenvalue weighted by Gasteiger charge is -2.18. The van der Waals surface area contributed by atoms with Crippen molar-refractivity contribution in [3.05, 3.63) is 38.7 Å². The van der Waals surface area contributed by atoms with Crippen LogP contribution in [0.2, 0.25) is 10.0 Å². The first kappa shape index (κ1) is 19.6. The average molecular weight is 498 g/mol. The molecular weight excluding hydrogens is 488 g/mol. The first-order valence-corrected chi connectivity index (χ1v) is 9.38. The first-order valence-electron chi connectivity index (χ1n) is 7.83. The summed E-state index contributed by atoms with van der Waals surface area (Å²) in [6, 6.07) is 0.688. The Morgan fingerprint density at radius 3 is 2.75 bits per heavy atom. The number of fused-ring (bicyclic) bond motifs is 3. The average Bonchev–Trinajstić information content (AvgIpc) is 3.28. The molecule has 1 unspecified atom stereocenters. The third kappa shape index (κ3) is 2.90. The maximum absolute atomic E-state index is 12.8. The van der Waals surface area contributed by atoms with Crippen LogP contribution in [0.5, 0.6) is 0 Å². The molecule has 0 spiro atoms. The number of H-pyrrole nitrogens is 1. The van der Waals surface area contributed by atoms with Gasteiger partial charge in [0.15, 0.2) is 6.10 Å². The van der Waals surface area contributed by atoms with E-state index < -0.39 is 24.3 Å². The summed E-state index contributed by atoms with van der Waals surface area (Å²) >= 11 is 16.0. The van der Waals surface area contributed by atoms with Crippen molar-refractivity contribution in [2.75, 3.05) is 0 Å². The van der Waals surface area contributed by atoms with Gasteiger partial charge in [0.25, 0.3) is 0 Å². The number of aromatic nitrogens is 3. The van der Waals surface area contributed by atoms with Crippen LogP contribution in [0.15, 0.2) is 22.9 Å². The van der Waals surface area contributed by atoms with Gasteiger partial charge >= 0.3 is 12.1 Å². The summed E-state index contributed by atoms with van der Waals surface area (Å²) in [5, 5.41) is 7.62. The molecule has 1 aliphatic rings. The number of nitrogens with two attached hydrogens (primary N) is 1. The molecule has 2 aromatic heterocycles. The van der Waals surface area contributed by atoms with Crippen LogP contribution in [0, 0.1) is 0 Å². The van der Waals surface area contributed by atoms with Crippen molar-refractivity contribution in [1.29, 1.82) is 0 Å². The molecule has 1 aliphatic heterocycles. The number of aromatic amines is 1. The van der Waals surface area contributed by atoms with Gasteiger partial charge in [-0.3, -0.25) is 5.10 Å². The number of ether oxygens (including phenoxy) is 1. The molecule has 0 saturated carbocycles. The molecule has 148 valence electrons. The molecule has 0 amide bonds. The maximum Gasteiger partial charge on any atom is 0.490 e. The van der Waals surface area contributed by atoms with Crippen LogP contribution in [0.4, 0.5) is 13.2 Å². The lowest BCUT2D eigenvalue weighted by Crippen LogP contribution is -2.34. The molecule has 0 bridgehead atoms. The van der Waals surface area contributed by atoms with Gasteiger partial charge in [-0.1, -0.05) is 39.1 Å². The standard InChI is InChI=1S/C16H10BrCl2F3N4O2/c17-6-1-7(18)11(19)12-10(6)9(5-2-24-25-3-5)13-14(8(23)4-26(12)13)28-15(27)16(20,21)22/h1-3,8,14H,4,23H2,(H,24,25)/t8-,14?/m0/s1. The zero-order valence-corrected chi connectivity index (χ0v) is 16.7. The maximum atomic E-state index is 12.8. The van der Waals surface area contributed by atoms with Crippen molar-refractivity contribution >= 4 is 56.0 Å². The Morgan fingerprint density at radius 2 is 2.14 bits per heavy atom. The second-order valence-electron chi connectivity index (χ2n) is 6.22. The van der Waals surface area contributed by atoms with Crippen molar-refractivity contribution in [2.45, 2.75) is 24.9 Å². The number of halogens is 6. The van der Waals surface area contributed by atoms with Crippen LogP contribution >= 0.6 is 39.1 Å². The fourth-order valence-corrected chi connectivity index (χ4v) is 4.65. The highest BCUT2D eigenvalue weighted by Gasteiger charge is 2.47. The fraction of sp³-hybridized carbons (Fsp3) is 0.250. The Bertz CT molecular complexity index is 1100. The fourth-order valence-electron chi connectivity index (χ4n) is 3.46. The number of hydrogen-bond acceptors (Lipinski definition) is 4. The monoisotopic (exact) mass is 496 g/mol. The Labute approximate surface area is 173 Å². The first-order chi connectivity index (χ1) is 13.1. The molecule has 3 aromatic rings. The summed E-state index contributed by atoms with van der Waals surface area (Å²) in [5.74, 6) is -2.31. The van der Waals surface area contributed by atoms with Crippen LogP contribution < -0.4 is 5.73 Å². The van der Waals surface area contributed by atoms with E-state index in [4.69, 9.17) is 33.7 Å². The zero-order chi connectivity index (χ0) is 20.4. The summed E-state index contributed by atoms with van der Waals surface area (Å²) in [4.78, 5) is 11.5. The minimum Gasteiger partial charge on any atom is -0.447 e. The minimum absolute atomic E-state index is 0.0893. The Morgan fingerprint density at radius 1 is 1.43 bits per heavy atom. The van der Waals surface area contributed by atoms with Crippen LogP contribution in [-0.4, -0.2) is 33.0 Å². The zero-order valence-electron chi connectivity index (χ0n) is 13.6. The lowest BCUT2D eigenvalue weighted by atomic mass is 10.0. The molecule has 2 atom stereocenters. The molecule has 4 rings (SSSR count). The van der Waals surface area contributed by atoms with Gasteiger partial charge in [0.1, 0.15) is 0 Å². The number of hydrogen-bond donors (Lipinski definition) is 2. The molecule has 6 nitrogen and oxygen atoms in total. The van der Waals surface area contributed by atoms with E-state index in [1.54, 1.807) is 16.8 Å². The number of carbonyl (C=O) groups excluding carboxylic acids is 1. The van der Waals surface area contributed by atoms with E-state index in [2.05, 4.69) is 26.1 Å². The summed E-state index contributed by atoms with van der Waals surface area (Å²) in [6.45, 7) is 0.0893. The largest absolute Gasteiger partial charge is 0.490 e. The van der Waals surface area contributed by atoms with E-state index in [-0.39, 0.29) is 16.6 Å². The van der Waals surface area contributed by atoms with E-state index in [0.717, 1.165) is 0 Å². The van der Waals surface area contributed by atoms with Crippen molar-refractivity contribution in [3.63, 3.8) is 0 Å². The Balaban J connectivity index is 2.02. The molecule has 28 heavy (non-hydrogen) atoms. The van der Waals surface area contributed by atoms with Crippen LogP contribution in [0.3, 0.4) is 0 Å². The SMILES string of the molecule is N[C@H]1Cn2c(c(-c3cn[nH]c3)c3c(Br)cc(Cl)c(Cl)c32)C1OC(=O)C(F)(F)F. The van der Waals surface area contributed by atoms with Gasteiger partial charge in [-0.05, 0) is 6.07 Å². The highest BCUT2D eigenvalue weighted by molar-refractivity contribution is 9.10. The van der Waals surface area contributed by atoms with Crippen molar-refractivity contribution in [2.24, 2.45) is 5.73 Å². The summed E-state index contributed by atoms with van der Waals surface area (Å²) in [6.07, 6.45) is -3.40. The molecular formula is C16H10BrCl2F3N4O2. The van der Waals surface area contributed by atoms with E-state index in [0.29, 0.717) is 32.2 Å². The number of esters is 1. The van der Waals surface area contributed by atoms with E-state index in [9.17, 15) is 18.0 Å². The molecule has 3 N–H and O–H groups in total. The summed E-state index contributed by atoms with van der Waals surface area (Å²) < 4.78 is 45.3. The molecule has 0 aliphatic carbocycles. The second kappa shape index (κ2) is 6.65. The van der Waals surface area contributed by atoms with Gasteiger partial charge in [0, 0.05) is 33.7 Å². The highest BCUT2D eigenvalue weighted by Crippen LogP contribution is 2.49. The van der Waals surface area contributed by atoms with Gasteiger partial charge < -0.3 is 15.0 Å². The number of nitrogens with zero attached hydrogens (tertiary/aromatic N) is 2. The van der Waals surface area contributed by atoms with Crippen molar-refractivity contribution in [3.8, 4) is 11.1 Å². The van der Waals surface area contributed by atoms with Crippen molar-refractivity contribution in [1.82, 2.24) is 14.8 Å². The molecule has 0 fully saturated rings. The predicted octanol–water partition coefficient (Wildman–Crippen LogP) is 4.59. The molecule has 0 saturated heterocycles. The van der Waals surface area contributed by atoms with Crippen molar-refractivity contribution < 1.29 is 22.7 Å². The minimum atomic E-state index is -5.14. The number of carbonyl (C=O) groups is 1. The third-order valence-electron chi connectivity index (χ3n) is 4.52.